The van der Waals surface area contributed by atoms with Gasteiger partial charge in [-0.3, -0.25) is 4.79 Å². The number of nitrogens with zero attached hydrogens (tertiary/aromatic N) is 4. The Morgan fingerprint density at radius 3 is 2.58 bits per heavy atom. The second-order valence-electron chi connectivity index (χ2n) is 7.37. The Morgan fingerprint density at radius 1 is 1.29 bits per heavy atom. The zero-order valence-corrected chi connectivity index (χ0v) is 18.6. The number of ether oxygens (including phenoxy) is 1. The molecule has 1 aliphatic rings. The highest BCUT2D eigenvalue weighted by Crippen LogP contribution is 2.26. The van der Waals surface area contributed by atoms with Crippen LogP contribution in [0.3, 0.4) is 0 Å². The van der Waals surface area contributed by atoms with E-state index in [0.29, 0.717) is 44.0 Å². The van der Waals surface area contributed by atoms with Crippen molar-refractivity contribution in [3.05, 3.63) is 36.0 Å². The van der Waals surface area contributed by atoms with Crippen molar-refractivity contribution in [2.75, 3.05) is 25.0 Å². The predicted molar refractivity (Wildman–Crippen MR) is 115 cm³/mol. The molecule has 1 saturated heterocycles. The van der Waals surface area contributed by atoms with Crippen molar-refractivity contribution in [1.29, 1.82) is 5.26 Å². The summed E-state index contributed by atoms with van der Waals surface area (Å²) in [6.07, 6.45) is 1.17. The second kappa shape index (κ2) is 9.94. The van der Waals surface area contributed by atoms with Gasteiger partial charge in [0.1, 0.15) is 11.6 Å². The van der Waals surface area contributed by atoms with Gasteiger partial charge in [0.15, 0.2) is 0 Å². The minimum Gasteiger partial charge on any atom is -0.494 e. The first-order valence-corrected chi connectivity index (χ1v) is 11.7. The molecule has 2 heterocycles. The number of benzene rings is 1. The Bertz CT molecular complexity index is 1050. The molecular weight excluding hydrogens is 418 g/mol. The quantitative estimate of drug-likeness (QED) is 0.667. The number of carbonyl (C=O) groups excluding carboxylic acids is 1. The maximum absolute atomic E-state index is 12.9. The largest absolute Gasteiger partial charge is 0.494 e. The van der Waals surface area contributed by atoms with Gasteiger partial charge < -0.3 is 10.1 Å². The summed E-state index contributed by atoms with van der Waals surface area (Å²) >= 11 is 0. The number of amides is 1. The average Bonchev–Trinajstić information content (AvgIpc) is 3.11. The molecule has 1 aromatic heterocycles. The molecule has 0 radical (unpaired) electrons. The van der Waals surface area contributed by atoms with Gasteiger partial charge >= 0.3 is 0 Å². The summed E-state index contributed by atoms with van der Waals surface area (Å²) in [4.78, 5) is 12.9. The number of piperidine rings is 1. The molecule has 1 aromatic carbocycles. The van der Waals surface area contributed by atoms with Crippen LogP contribution in [0.2, 0.25) is 0 Å². The van der Waals surface area contributed by atoms with E-state index in [0.717, 1.165) is 5.69 Å². The van der Waals surface area contributed by atoms with Crippen LogP contribution >= 0.6 is 0 Å². The fourth-order valence-corrected chi connectivity index (χ4v) is 5.05. The van der Waals surface area contributed by atoms with E-state index < -0.39 is 10.0 Å². The van der Waals surface area contributed by atoms with Crippen LogP contribution in [0.4, 0.5) is 5.82 Å². The molecule has 0 atom stereocenters. The van der Waals surface area contributed by atoms with Gasteiger partial charge in [0.25, 0.3) is 0 Å². The third-order valence-electron chi connectivity index (χ3n) is 5.19. The molecule has 0 unspecified atom stereocenters. The van der Waals surface area contributed by atoms with Gasteiger partial charge in [0, 0.05) is 25.1 Å². The summed E-state index contributed by atoms with van der Waals surface area (Å²) in [5.74, 6) is 0.742. The third kappa shape index (κ3) is 5.42. The number of hydrogen-bond acceptors (Lipinski definition) is 6. The molecule has 0 aliphatic carbocycles. The maximum atomic E-state index is 12.9. The van der Waals surface area contributed by atoms with Crippen molar-refractivity contribution < 1.29 is 17.9 Å². The third-order valence-corrected chi connectivity index (χ3v) is 7.10. The van der Waals surface area contributed by atoms with E-state index in [1.165, 1.54) is 4.31 Å². The van der Waals surface area contributed by atoms with Crippen LogP contribution in [-0.2, 0) is 21.4 Å². The zero-order chi connectivity index (χ0) is 22.4. The minimum absolute atomic E-state index is 0.156. The van der Waals surface area contributed by atoms with Crippen LogP contribution in [0, 0.1) is 24.2 Å². The molecule has 166 valence electrons. The Labute approximate surface area is 182 Å². The van der Waals surface area contributed by atoms with Crippen molar-refractivity contribution in [3.8, 4) is 11.8 Å². The number of aromatic nitrogens is 2. The normalized spacial score (nSPS) is 15.4. The van der Waals surface area contributed by atoms with Crippen molar-refractivity contribution >= 4 is 21.7 Å². The van der Waals surface area contributed by atoms with E-state index in [1.54, 1.807) is 35.0 Å². The molecule has 0 spiro atoms. The van der Waals surface area contributed by atoms with Crippen molar-refractivity contribution in [2.24, 2.45) is 5.92 Å². The SMILES string of the molecule is CCOc1ccc(S(=O)(=O)N2CCC(C(=O)Nc3cc(C)nn3CCC#N)CC2)cc1. The van der Waals surface area contributed by atoms with Gasteiger partial charge in [-0.1, -0.05) is 0 Å². The number of sulfonamides is 1. The first-order valence-electron chi connectivity index (χ1n) is 10.3. The van der Waals surface area contributed by atoms with E-state index in [1.807, 2.05) is 13.8 Å². The van der Waals surface area contributed by atoms with Gasteiger partial charge in [-0.15, -0.1) is 0 Å². The molecule has 1 aliphatic heterocycles. The summed E-state index contributed by atoms with van der Waals surface area (Å²) in [7, 11) is -3.61. The monoisotopic (exact) mass is 445 g/mol. The van der Waals surface area contributed by atoms with E-state index in [4.69, 9.17) is 10.00 Å². The van der Waals surface area contributed by atoms with Gasteiger partial charge in [-0.25, -0.2) is 13.1 Å². The average molecular weight is 446 g/mol. The number of nitrogens with one attached hydrogen (secondary N) is 1. The van der Waals surface area contributed by atoms with Crippen molar-refractivity contribution in [3.63, 3.8) is 0 Å². The molecule has 31 heavy (non-hydrogen) atoms. The second-order valence-corrected chi connectivity index (χ2v) is 9.31. The lowest BCUT2D eigenvalue weighted by Gasteiger charge is -2.30. The van der Waals surface area contributed by atoms with E-state index in [-0.39, 0.29) is 29.8 Å². The lowest BCUT2D eigenvalue weighted by Crippen LogP contribution is -2.41. The summed E-state index contributed by atoms with van der Waals surface area (Å²) in [6, 6.07) is 10.2. The fourth-order valence-electron chi connectivity index (χ4n) is 3.58. The molecule has 0 bridgehead atoms. The molecule has 1 N–H and O–H groups in total. The topological polar surface area (TPSA) is 117 Å². The van der Waals surface area contributed by atoms with Crippen molar-refractivity contribution in [1.82, 2.24) is 14.1 Å². The summed E-state index contributed by atoms with van der Waals surface area (Å²) in [5.41, 5.74) is 0.754. The van der Waals surface area contributed by atoms with Crippen LogP contribution in [0.15, 0.2) is 35.2 Å². The highest BCUT2D eigenvalue weighted by molar-refractivity contribution is 7.89. The fraction of sp³-hybridized carbons (Fsp3) is 0.476. The van der Waals surface area contributed by atoms with E-state index >= 15 is 0 Å². The van der Waals surface area contributed by atoms with Crippen LogP contribution < -0.4 is 10.1 Å². The predicted octanol–water partition coefficient (Wildman–Crippen LogP) is 2.54. The van der Waals surface area contributed by atoms with Gasteiger partial charge in [-0.05, 0) is 51.0 Å². The van der Waals surface area contributed by atoms with Gasteiger partial charge in [-0.2, -0.15) is 14.7 Å². The number of carbonyl (C=O) groups is 1. The van der Waals surface area contributed by atoms with Gasteiger partial charge in [0.2, 0.25) is 15.9 Å². The molecule has 1 fully saturated rings. The first kappa shape index (κ1) is 22.8. The van der Waals surface area contributed by atoms with E-state index in [2.05, 4.69) is 16.5 Å². The molecule has 2 aromatic rings. The van der Waals surface area contributed by atoms with Gasteiger partial charge in [0.05, 0.1) is 36.2 Å². The number of aryl methyl sites for hydroxylation is 2. The Kier molecular flexibility index (Phi) is 7.30. The van der Waals surface area contributed by atoms with Crippen LogP contribution in [0.1, 0.15) is 31.9 Å². The minimum atomic E-state index is -3.61. The molecule has 0 saturated carbocycles. The smallest absolute Gasteiger partial charge is 0.243 e. The Morgan fingerprint density at radius 2 is 1.97 bits per heavy atom. The molecule has 10 heteroatoms. The number of rotatable bonds is 8. The zero-order valence-electron chi connectivity index (χ0n) is 17.7. The molecular formula is C21H27N5O4S. The lowest BCUT2D eigenvalue weighted by molar-refractivity contribution is -0.121. The highest BCUT2D eigenvalue weighted by Gasteiger charge is 2.32. The molecule has 9 nitrogen and oxygen atoms in total. The molecule has 1 amide bonds. The Balaban J connectivity index is 1.60. The van der Waals surface area contributed by atoms with Crippen molar-refractivity contribution in [2.45, 2.75) is 44.6 Å². The number of anilines is 1. The summed E-state index contributed by atoms with van der Waals surface area (Å²) in [6.45, 7) is 5.16. The summed E-state index contributed by atoms with van der Waals surface area (Å²) in [5, 5.41) is 16.0. The molecule has 3 rings (SSSR count). The Hall–Kier alpha value is -2.90. The first-order chi connectivity index (χ1) is 14.8. The van der Waals surface area contributed by atoms with Crippen LogP contribution in [0.25, 0.3) is 0 Å². The van der Waals surface area contributed by atoms with Crippen LogP contribution in [-0.4, -0.2) is 48.1 Å². The van der Waals surface area contributed by atoms with Crippen LogP contribution in [0.5, 0.6) is 5.75 Å². The standard InChI is InChI=1S/C21H27N5O4S/c1-3-30-18-5-7-19(8-6-18)31(28,29)25-13-9-17(10-14-25)21(27)23-20-15-16(2)24-26(20)12-4-11-22/h5-8,15,17H,3-4,9-10,12-14H2,1-2H3,(H,23,27). The maximum Gasteiger partial charge on any atom is 0.243 e. The number of nitriles is 1. The number of hydrogen-bond donors (Lipinski definition) is 1. The highest BCUT2D eigenvalue weighted by atomic mass is 32.2. The van der Waals surface area contributed by atoms with E-state index in [9.17, 15) is 13.2 Å². The lowest BCUT2D eigenvalue weighted by atomic mass is 9.97. The summed E-state index contributed by atoms with van der Waals surface area (Å²) < 4.78 is 34.2.